The molecule has 0 unspecified atom stereocenters. The molecule has 2 amide bonds. The van der Waals surface area contributed by atoms with Crippen molar-refractivity contribution in [1.82, 2.24) is 10.2 Å². The standard InChI is InChI=1S/C30H36ClN3O5S/c1-5-19-32-30(36)26(6-2)33(20-23-13-15-24(31)16-14-23)29(35)21-34(27-9-7-8-10-28(27)39-4)40(37,38)25-17-11-22(3)12-18-25/h7-18,26H,5-6,19-21H2,1-4H3,(H,32,36)/t26-/m1/s1. The van der Waals surface area contributed by atoms with Gasteiger partial charge in [0.2, 0.25) is 11.8 Å². The van der Waals surface area contributed by atoms with E-state index < -0.39 is 28.5 Å². The number of sulfonamides is 1. The largest absolute Gasteiger partial charge is 0.495 e. The summed E-state index contributed by atoms with van der Waals surface area (Å²) in [6, 6.07) is 19.2. The first-order valence-corrected chi connectivity index (χ1v) is 15.0. The molecule has 10 heteroatoms. The van der Waals surface area contributed by atoms with Crippen molar-refractivity contribution < 1.29 is 22.7 Å². The number of methoxy groups -OCH3 is 1. The number of benzene rings is 3. The van der Waals surface area contributed by atoms with Crippen LogP contribution in [0.2, 0.25) is 5.02 Å². The van der Waals surface area contributed by atoms with E-state index in [9.17, 15) is 18.0 Å². The number of rotatable bonds is 13. The predicted molar refractivity (Wildman–Crippen MR) is 158 cm³/mol. The van der Waals surface area contributed by atoms with Crippen molar-refractivity contribution in [3.8, 4) is 5.75 Å². The van der Waals surface area contributed by atoms with E-state index in [4.69, 9.17) is 16.3 Å². The third kappa shape index (κ3) is 7.55. The molecule has 0 saturated heterocycles. The van der Waals surface area contributed by atoms with Gasteiger partial charge in [0.15, 0.2) is 0 Å². The SMILES string of the molecule is CCCNC(=O)[C@@H](CC)N(Cc1ccc(Cl)cc1)C(=O)CN(c1ccccc1OC)S(=O)(=O)c1ccc(C)cc1. The zero-order chi connectivity index (χ0) is 29.3. The maximum absolute atomic E-state index is 14.1. The Labute approximate surface area is 241 Å². The van der Waals surface area contributed by atoms with Gasteiger partial charge >= 0.3 is 0 Å². The molecule has 0 aliphatic carbocycles. The van der Waals surface area contributed by atoms with Crippen LogP contribution in [0.5, 0.6) is 5.75 Å². The van der Waals surface area contributed by atoms with Gasteiger partial charge in [-0.15, -0.1) is 0 Å². The molecule has 40 heavy (non-hydrogen) atoms. The van der Waals surface area contributed by atoms with Gasteiger partial charge in [0, 0.05) is 18.1 Å². The molecule has 0 aromatic heterocycles. The molecule has 8 nitrogen and oxygen atoms in total. The smallest absolute Gasteiger partial charge is 0.264 e. The number of amides is 2. The van der Waals surface area contributed by atoms with Crippen LogP contribution >= 0.6 is 11.6 Å². The van der Waals surface area contributed by atoms with Gasteiger partial charge in [0.25, 0.3) is 10.0 Å². The van der Waals surface area contributed by atoms with Crippen molar-refractivity contribution >= 4 is 39.1 Å². The number of aryl methyl sites for hydroxylation is 1. The fourth-order valence-corrected chi connectivity index (χ4v) is 5.81. The Morgan fingerprint density at radius 1 is 0.975 bits per heavy atom. The number of para-hydroxylation sites is 2. The van der Waals surface area contributed by atoms with E-state index in [2.05, 4.69) is 5.32 Å². The third-order valence-corrected chi connectivity index (χ3v) is 8.47. The number of halogens is 1. The average molecular weight is 586 g/mol. The molecule has 0 fully saturated rings. The Hall–Kier alpha value is -3.56. The van der Waals surface area contributed by atoms with E-state index >= 15 is 0 Å². The Kier molecular flexibility index (Phi) is 11.0. The quantitative estimate of drug-likeness (QED) is 0.298. The number of anilines is 1. The Morgan fingerprint density at radius 2 is 1.62 bits per heavy atom. The third-order valence-electron chi connectivity index (χ3n) is 6.44. The first-order chi connectivity index (χ1) is 19.1. The highest BCUT2D eigenvalue weighted by molar-refractivity contribution is 7.92. The van der Waals surface area contributed by atoms with Crippen LogP contribution in [0.15, 0.2) is 77.7 Å². The second kappa shape index (κ2) is 14.2. The molecule has 1 atom stereocenters. The molecule has 0 bridgehead atoms. The lowest BCUT2D eigenvalue weighted by Gasteiger charge is -2.33. The number of carbonyl (C=O) groups is 2. The van der Waals surface area contributed by atoms with Crippen LogP contribution in [0.4, 0.5) is 5.69 Å². The van der Waals surface area contributed by atoms with Gasteiger partial charge in [-0.3, -0.25) is 13.9 Å². The summed E-state index contributed by atoms with van der Waals surface area (Å²) in [5.74, 6) is -0.532. The normalized spacial score (nSPS) is 11.9. The topological polar surface area (TPSA) is 96.0 Å². The number of carbonyl (C=O) groups excluding carboxylic acids is 2. The first kappa shape index (κ1) is 31.0. The summed E-state index contributed by atoms with van der Waals surface area (Å²) in [6.07, 6.45) is 1.08. The average Bonchev–Trinajstić information content (AvgIpc) is 2.95. The van der Waals surface area contributed by atoms with Gasteiger partial charge in [0.05, 0.1) is 17.7 Å². The van der Waals surface area contributed by atoms with E-state index in [1.165, 1.54) is 24.1 Å². The van der Waals surface area contributed by atoms with Gasteiger partial charge in [-0.2, -0.15) is 0 Å². The second-order valence-electron chi connectivity index (χ2n) is 9.36. The number of hydrogen-bond acceptors (Lipinski definition) is 5. The van der Waals surface area contributed by atoms with Crippen LogP contribution in [0.3, 0.4) is 0 Å². The highest BCUT2D eigenvalue weighted by atomic mass is 35.5. The molecule has 3 aromatic carbocycles. The van der Waals surface area contributed by atoms with Gasteiger partial charge in [-0.25, -0.2) is 8.42 Å². The summed E-state index contributed by atoms with van der Waals surface area (Å²) in [5, 5.41) is 3.41. The minimum atomic E-state index is -4.19. The minimum absolute atomic E-state index is 0.0359. The van der Waals surface area contributed by atoms with Gasteiger partial charge in [0.1, 0.15) is 18.3 Å². The van der Waals surface area contributed by atoms with Crippen LogP contribution < -0.4 is 14.4 Å². The fourth-order valence-electron chi connectivity index (χ4n) is 4.26. The molecule has 0 aliphatic rings. The van der Waals surface area contributed by atoms with Crippen LogP contribution in [0.25, 0.3) is 0 Å². The molecule has 3 aromatic rings. The fraction of sp³-hybridized carbons (Fsp3) is 0.333. The minimum Gasteiger partial charge on any atom is -0.495 e. The van der Waals surface area contributed by atoms with E-state index in [0.29, 0.717) is 23.7 Å². The molecule has 1 N–H and O–H groups in total. The highest BCUT2D eigenvalue weighted by Gasteiger charge is 2.34. The van der Waals surface area contributed by atoms with Gasteiger partial charge in [-0.1, -0.05) is 67.4 Å². The zero-order valence-electron chi connectivity index (χ0n) is 23.3. The number of ether oxygens (including phenoxy) is 1. The highest BCUT2D eigenvalue weighted by Crippen LogP contribution is 2.32. The van der Waals surface area contributed by atoms with Crippen LogP contribution in [-0.2, 0) is 26.2 Å². The summed E-state index contributed by atoms with van der Waals surface area (Å²) in [7, 11) is -2.75. The zero-order valence-corrected chi connectivity index (χ0v) is 24.8. The molecule has 0 radical (unpaired) electrons. The van der Waals surface area contributed by atoms with Crippen LogP contribution in [0.1, 0.15) is 37.8 Å². The molecule has 0 aliphatic heterocycles. The first-order valence-electron chi connectivity index (χ1n) is 13.2. The number of nitrogens with one attached hydrogen (secondary N) is 1. The lowest BCUT2D eigenvalue weighted by atomic mass is 10.1. The molecular formula is C30H36ClN3O5S. The number of hydrogen-bond donors (Lipinski definition) is 1. The Morgan fingerprint density at radius 3 is 2.23 bits per heavy atom. The predicted octanol–water partition coefficient (Wildman–Crippen LogP) is 5.19. The Balaban J connectivity index is 2.08. The summed E-state index contributed by atoms with van der Waals surface area (Å²) in [5.41, 5.74) is 1.87. The van der Waals surface area contributed by atoms with Crippen molar-refractivity contribution in [2.45, 2.75) is 51.1 Å². The summed E-state index contributed by atoms with van der Waals surface area (Å²) < 4.78 is 34.5. The van der Waals surface area contributed by atoms with Crippen molar-refractivity contribution in [2.75, 3.05) is 24.5 Å². The van der Waals surface area contributed by atoms with E-state index in [-0.39, 0.29) is 23.0 Å². The molecule has 3 rings (SSSR count). The molecule has 214 valence electrons. The molecule has 0 heterocycles. The van der Waals surface area contributed by atoms with Crippen molar-refractivity contribution in [2.24, 2.45) is 0 Å². The van der Waals surface area contributed by atoms with Crippen molar-refractivity contribution in [3.05, 3.63) is 88.9 Å². The van der Waals surface area contributed by atoms with E-state index in [0.717, 1.165) is 21.9 Å². The lowest BCUT2D eigenvalue weighted by Crippen LogP contribution is -2.52. The van der Waals surface area contributed by atoms with Crippen LogP contribution in [0, 0.1) is 6.92 Å². The van der Waals surface area contributed by atoms with E-state index in [1.54, 1.807) is 60.7 Å². The van der Waals surface area contributed by atoms with Crippen LogP contribution in [-0.4, -0.2) is 51.4 Å². The maximum atomic E-state index is 14.1. The lowest BCUT2D eigenvalue weighted by molar-refractivity contribution is -0.140. The molecular weight excluding hydrogens is 550 g/mol. The van der Waals surface area contributed by atoms with Crippen molar-refractivity contribution in [3.63, 3.8) is 0 Å². The number of nitrogens with zero attached hydrogens (tertiary/aromatic N) is 2. The van der Waals surface area contributed by atoms with Gasteiger partial charge in [-0.05, 0) is 61.7 Å². The van der Waals surface area contributed by atoms with Crippen molar-refractivity contribution in [1.29, 1.82) is 0 Å². The van der Waals surface area contributed by atoms with Gasteiger partial charge < -0.3 is 15.0 Å². The summed E-state index contributed by atoms with van der Waals surface area (Å²) >= 11 is 6.06. The second-order valence-corrected chi connectivity index (χ2v) is 11.7. The Bertz CT molecular complexity index is 1400. The maximum Gasteiger partial charge on any atom is 0.264 e. The monoisotopic (exact) mass is 585 g/mol. The summed E-state index contributed by atoms with van der Waals surface area (Å²) in [6.45, 7) is 5.65. The molecule has 0 spiro atoms. The van der Waals surface area contributed by atoms with E-state index in [1.807, 2.05) is 20.8 Å². The summed E-state index contributed by atoms with van der Waals surface area (Å²) in [4.78, 5) is 28.7. The molecule has 0 saturated carbocycles.